The van der Waals surface area contributed by atoms with Crippen LogP contribution in [0.15, 0.2) is 58.7 Å². The van der Waals surface area contributed by atoms with Gasteiger partial charge < -0.3 is 16.2 Å². The minimum Gasteiger partial charge on any atom is -0.454 e. The normalized spacial score (nSPS) is 12.4. The monoisotopic (exact) mass is 391 g/mol. The smallest absolute Gasteiger partial charge is 0.344 e. The molecule has 0 heterocycles. The molecule has 0 aromatic heterocycles. The van der Waals surface area contributed by atoms with Gasteiger partial charge in [0.15, 0.2) is 6.61 Å². The number of rotatable bonds is 6. The molecule has 0 radical (unpaired) electrons. The van der Waals surface area contributed by atoms with Crippen molar-refractivity contribution >= 4 is 23.3 Å². The number of amidine groups is 1. The van der Waals surface area contributed by atoms with E-state index in [1.165, 1.54) is 25.1 Å². The summed E-state index contributed by atoms with van der Waals surface area (Å²) in [7, 11) is 0. The van der Waals surface area contributed by atoms with E-state index in [0.29, 0.717) is 0 Å². The predicted molar refractivity (Wildman–Crippen MR) is 96.2 cm³/mol. The number of aliphatic imine (C=N–C) groups is 1. The zero-order chi connectivity index (χ0) is 20.8. The molecule has 2 aromatic carbocycles. The fourth-order valence-corrected chi connectivity index (χ4v) is 2.25. The molecule has 0 amide bonds. The molecular formula is C19H16F3N3O3. The molecule has 2 aromatic rings. The summed E-state index contributed by atoms with van der Waals surface area (Å²) >= 11 is 0. The molecule has 0 saturated heterocycles. The molecule has 146 valence electrons. The second-order valence-electron chi connectivity index (χ2n) is 5.63. The Hall–Kier alpha value is -3.62. The number of halogens is 3. The summed E-state index contributed by atoms with van der Waals surface area (Å²) < 4.78 is 45.2. The molecule has 2 rings (SSSR count). The lowest BCUT2D eigenvalue weighted by atomic mass is 10.1. The highest BCUT2D eigenvalue weighted by atomic mass is 19.1. The first kappa shape index (κ1) is 20.7. The first-order valence-corrected chi connectivity index (χ1v) is 7.91. The number of ether oxygens (including phenoxy) is 1. The van der Waals surface area contributed by atoms with Gasteiger partial charge in [-0.1, -0.05) is 12.1 Å². The Morgan fingerprint density at radius 1 is 1.04 bits per heavy atom. The lowest BCUT2D eigenvalue weighted by Gasteiger charge is -2.10. The van der Waals surface area contributed by atoms with Crippen molar-refractivity contribution in [3.63, 3.8) is 0 Å². The van der Waals surface area contributed by atoms with Crippen molar-refractivity contribution in [2.24, 2.45) is 16.5 Å². The summed E-state index contributed by atoms with van der Waals surface area (Å²) in [6.45, 7) is 0.392. The molecule has 28 heavy (non-hydrogen) atoms. The number of hydrogen-bond donors (Lipinski definition) is 2. The number of allylic oxidation sites excluding steroid dienone is 1. The van der Waals surface area contributed by atoms with Crippen LogP contribution < -0.4 is 11.5 Å². The first-order chi connectivity index (χ1) is 13.2. The summed E-state index contributed by atoms with van der Waals surface area (Å²) in [6, 6.07) is 7.99. The molecule has 0 atom stereocenters. The number of esters is 1. The Morgan fingerprint density at radius 2 is 1.64 bits per heavy atom. The maximum Gasteiger partial charge on any atom is 0.344 e. The summed E-state index contributed by atoms with van der Waals surface area (Å²) in [5.74, 6) is -5.32. The van der Waals surface area contributed by atoms with Gasteiger partial charge in [-0.2, -0.15) is 0 Å². The number of carbonyl (C=O) groups is 2. The van der Waals surface area contributed by atoms with Gasteiger partial charge in [0, 0.05) is 5.70 Å². The Morgan fingerprint density at radius 3 is 2.21 bits per heavy atom. The van der Waals surface area contributed by atoms with Crippen molar-refractivity contribution in [1.82, 2.24) is 0 Å². The van der Waals surface area contributed by atoms with Crippen LogP contribution in [0.2, 0.25) is 0 Å². The number of benzene rings is 2. The Balaban J connectivity index is 2.18. The minimum absolute atomic E-state index is 0.0767. The maximum absolute atomic E-state index is 13.6. The standard InChI is InChI=1S/C19H16F3N3O3/c1-10(23)16(18(24)25-12-5-2-4-11(20)8-12)19(27)28-9-15(26)17-13(21)6-3-7-14(17)22/h2-8H,9,23H2,1H3,(H2,24,25)/b16-10+. The van der Waals surface area contributed by atoms with Crippen LogP contribution in [-0.4, -0.2) is 24.2 Å². The molecule has 9 heteroatoms. The molecule has 0 bridgehead atoms. The van der Waals surface area contributed by atoms with Gasteiger partial charge in [0.1, 0.15) is 28.9 Å². The molecule has 6 nitrogen and oxygen atoms in total. The van der Waals surface area contributed by atoms with E-state index in [1.54, 1.807) is 0 Å². The topological polar surface area (TPSA) is 108 Å². The van der Waals surface area contributed by atoms with Crippen LogP contribution in [0, 0.1) is 17.5 Å². The molecule has 0 aliphatic rings. The number of carbonyl (C=O) groups excluding carboxylic acids is 2. The molecule has 0 fully saturated rings. The Kier molecular flexibility index (Phi) is 6.54. The highest BCUT2D eigenvalue weighted by Gasteiger charge is 2.22. The maximum atomic E-state index is 13.6. The lowest BCUT2D eigenvalue weighted by Crippen LogP contribution is -2.27. The van der Waals surface area contributed by atoms with Gasteiger partial charge in [-0.05, 0) is 37.3 Å². The van der Waals surface area contributed by atoms with Gasteiger partial charge in [-0.25, -0.2) is 23.0 Å². The van der Waals surface area contributed by atoms with Crippen molar-refractivity contribution < 1.29 is 27.5 Å². The summed E-state index contributed by atoms with van der Waals surface area (Å²) in [5, 5.41) is 0. The van der Waals surface area contributed by atoms with Crippen LogP contribution >= 0.6 is 0 Å². The van der Waals surface area contributed by atoms with Crippen LogP contribution in [0.1, 0.15) is 17.3 Å². The minimum atomic E-state index is -1.12. The first-order valence-electron chi connectivity index (χ1n) is 7.91. The van der Waals surface area contributed by atoms with E-state index in [-0.39, 0.29) is 22.8 Å². The zero-order valence-corrected chi connectivity index (χ0v) is 14.7. The van der Waals surface area contributed by atoms with E-state index in [2.05, 4.69) is 4.99 Å². The van der Waals surface area contributed by atoms with Crippen LogP contribution in [0.5, 0.6) is 0 Å². The molecule has 0 saturated carbocycles. The van der Waals surface area contributed by atoms with Crippen LogP contribution in [0.25, 0.3) is 0 Å². The van der Waals surface area contributed by atoms with E-state index in [0.717, 1.165) is 24.3 Å². The SMILES string of the molecule is C/C(N)=C(\C(=O)OCC(=O)c1c(F)cccc1F)C(N)=Nc1cccc(F)c1. The summed E-state index contributed by atoms with van der Waals surface area (Å²) in [6.07, 6.45) is 0. The van der Waals surface area contributed by atoms with Crippen molar-refractivity contribution in [1.29, 1.82) is 0 Å². The number of Topliss-reactive ketones (excluding diaryl/α,β-unsaturated/α-hetero) is 1. The average Bonchev–Trinajstić information content (AvgIpc) is 2.59. The van der Waals surface area contributed by atoms with E-state index in [1.807, 2.05) is 0 Å². The van der Waals surface area contributed by atoms with E-state index < -0.39 is 41.4 Å². The second-order valence-corrected chi connectivity index (χ2v) is 5.63. The van der Waals surface area contributed by atoms with Crippen molar-refractivity contribution in [2.45, 2.75) is 6.92 Å². The zero-order valence-electron chi connectivity index (χ0n) is 14.7. The molecule has 0 aliphatic carbocycles. The van der Waals surface area contributed by atoms with Gasteiger partial charge in [0.05, 0.1) is 11.3 Å². The van der Waals surface area contributed by atoms with Crippen LogP contribution in [-0.2, 0) is 9.53 Å². The number of ketones is 1. The third-order valence-corrected chi connectivity index (χ3v) is 3.49. The van der Waals surface area contributed by atoms with Crippen LogP contribution in [0.4, 0.5) is 18.9 Å². The molecule has 0 spiro atoms. The molecule has 0 unspecified atom stereocenters. The second kappa shape index (κ2) is 8.85. The Labute approximate surface area is 158 Å². The Bertz CT molecular complexity index is 963. The molecular weight excluding hydrogens is 375 g/mol. The van der Waals surface area contributed by atoms with Crippen molar-refractivity contribution in [2.75, 3.05) is 6.61 Å². The van der Waals surface area contributed by atoms with Gasteiger partial charge >= 0.3 is 5.97 Å². The van der Waals surface area contributed by atoms with Gasteiger partial charge in [-0.15, -0.1) is 0 Å². The highest BCUT2D eigenvalue weighted by molar-refractivity contribution is 6.19. The predicted octanol–water partition coefficient (Wildman–Crippen LogP) is 2.75. The molecule has 0 aliphatic heterocycles. The van der Waals surface area contributed by atoms with Gasteiger partial charge in [0.2, 0.25) is 5.78 Å². The summed E-state index contributed by atoms with van der Waals surface area (Å²) in [4.78, 5) is 28.1. The van der Waals surface area contributed by atoms with E-state index in [9.17, 15) is 22.8 Å². The molecule has 4 N–H and O–H groups in total. The third kappa shape index (κ3) is 4.97. The van der Waals surface area contributed by atoms with E-state index in [4.69, 9.17) is 16.2 Å². The number of nitrogens with two attached hydrogens (primary N) is 2. The fourth-order valence-electron chi connectivity index (χ4n) is 2.25. The fraction of sp³-hybridized carbons (Fsp3) is 0.105. The lowest BCUT2D eigenvalue weighted by molar-refractivity contribution is -0.137. The van der Waals surface area contributed by atoms with E-state index >= 15 is 0 Å². The quantitative estimate of drug-likeness (QED) is 0.259. The van der Waals surface area contributed by atoms with Crippen LogP contribution in [0.3, 0.4) is 0 Å². The van der Waals surface area contributed by atoms with Crippen molar-refractivity contribution in [3.05, 3.63) is 76.7 Å². The number of nitrogens with zero attached hydrogens (tertiary/aromatic N) is 1. The van der Waals surface area contributed by atoms with Gasteiger partial charge in [-0.3, -0.25) is 4.79 Å². The van der Waals surface area contributed by atoms with Gasteiger partial charge in [0.25, 0.3) is 0 Å². The average molecular weight is 391 g/mol. The highest BCUT2D eigenvalue weighted by Crippen LogP contribution is 2.16. The third-order valence-electron chi connectivity index (χ3n) is 3.49. The summed E-state index contributed by atoms with van der Waals surface area (Å²) in [5.41, 5.74) is 10.2. The largest absolute Gasteiger partial charge is 0.454 e. The number of hydrogen-bond acceptors (Lipinski definition) is 5. The van der Waals surface area contributed by atoms with Crippen molar-refractivity contribution in [3.8, 4) is 0 Å².